The topological polar surface area (TPSA) is 29.1 Å². The Hall–Kier alpha value is -2.09. The van der Waals surface area contributed by atoms with Crippen LogP contribution in [0.25, 0.3) is 0 Å². The van der Waals surface area contributed by atoms with Gasteiger partial charge < -0.3 is 5.32 Å². The van der Waals surface area contributed by atoms with E-state index in [0.717, 1.165) is 60.3 Å². The quantitative estimate of drug-likeness (QED) is 0.327. The average molecular weight is 500 g/mol. The van der Waals surface area contributed by atoms with E-state index in [9.17, 15) is 4.79 Å². The highest BCUT2D eigenvalue weighted by Crippen LogP contribution is 2.86. The van der Waals surface area contributed by atoms with Crippen LogP contribution in [0.2, 0.25) is 0 Å². The molecule has 0 aromatic heterocycles. The second-order valence-corrected chi connectivity index (χ2v) is 13.5. The van der Waals surface area contributed by atoms with E-state index in [4.69, 9.17) is 0 Å². The first-order valence-corrected chi connectivity index (χ1v) is 15.7. The van der Waals surface area contributed by atoms with Crippen molar-refractivity contribution in [3.8, 4) is 0 Å². The molecule has 5 atom stereocenters. The molecule has 7 rings (SSSR count). The lowest BCUT2D eigenvalue weighted by atomic mass is 9.86. The van der Waals surface area contributed by atoms with Gasteiger partial charge in [-0.25, -0.2) is 0 Å². The highest BCUT2D eigenvalue weighted by Gasteiger charge is 2.79. The van der Waals surface area contributed by atoms with Gasteiger partial charge in [0.2, 0.25) is 0 Å². The first-order chi connectivity index (χ1) is 18.2. The minimum atomic E-state index is 0. The minimum Gasteiger partial charge on any atom is -0.349 e. The standard InChI is InChI=1S/C35H45NO.2H2/c37-34(27-14-11-25(12-15-27)10-9-24-5-1-2-6-24)36-31-19-17-28-21-26(13-16-29(28)22-31)7-3-4-8-32-33-20-18-30-23-35(30,32)33;;/h11-16,21,24,30-33H,1-10,17-20,22-23H2,(H,36,37);2*1H/t30-,31+,32?,33+,35?;;/m1../s1. The van der Waals surface area contributed by atoms with Crippen molar-refractivity contribution in [2.75, 3.05) is 0 Å². The van der Waals surface area contributed by atoms with E-state index in [1.54, 1.807) is 19.3 Å². The SMILES string of the molecule is O=C(N[C@H]1CCc2cc(CCCCC3[C@@H]4CC[C@@H]5CC354)ccc2C1)c1ccc(CCC2CCCC2)cc1.[HH].[HH]. The summed E-state index contributed by atoms with van der Waals surface area (Å²) in [4.78, 5) is 12.9. The zero-order valence-electron chi connectivity index (χ0n) is 22.7. The van der Waals surface area contributed by atoms with Crippen LogP contribution in [0.15, 0.2) is 42.5 Å². The summed E-state index contributed by atoms with van der Waals surface area (Å²) in [5.41, 5.74) is 7.55. The van der Waals surface area contributed by atoms with Crippen molar-refractivity contribution in [3.05, 3.63) is 70.3 Å². The fourth-order valence-corrected chi connectivity index (χ4v) is 9.14. The predicted octanol–water partition coefficient (Wildman–Crippen LogP) is 8.35. The summed E-state index contributed by atoms with van der Waals surface area (Å²) in [6.45, 7) is 0. The van der Waals surface area contributed by atoms with Gasteiger partial charge in [0.15, 0.2) is 0 Å². The summed E-state index contributed by atoms with van der Waals surface area (Å²) in [7, 11) is 0. The number of unbranched alkanes of at least 4 members (excludes halogenated alkanes) is 1. The van der Waals surface area contributed by atoms with Crippen LogP contribution in [-0.4, -0.2) is 11.9 Å². The smallest absolute Gasteiger partial charge is 0.251 e. The molecule has 1 spiro atoms. The molecule has 1 N–H and O–H groups in total. The molecule has 4 fully saturated rings. The maximum atomic E-state index is 12.9. The Balaban J connectivity index is 0.00000154. The largest absolute Gasteiger partial charge is 0.349 e. The van der Waals surface area contributed by atoms with Crippen molar-refractivity contribution in [1.82, 2.24) is 5.32 Å². The van der Waals surface area contributed by atoms with Crippen LogP contribution in [0, 0.1) is 29.1 Å². The van der Waals surface area contributed by atoms with E-state index in [1.165, 1.54) is 80.0 Å². The van der Waals surface area contributed by atoms with Crippen molar-refractivity contribution in [2.24, 2.45) is 29.1 Å². The molecule has 0 aliphatic heterocycles. The van der Waals surface area contributed by atoms with Crippen LogP contribution >= 0.6 is 0 Å². The zero-order chi connectivity index (χ0) is 24.8. The second kappa shape index (κ2) is 9.90. The third-order valence-corrected chi connectivity index (χ3v) is 11.4. The molecule has 4 saturated carbocycles. The molecule has 1 amide bonds. The van der Waals surface area contributed by atoms with Gasteiger partial charge in [0.25, 0.3) is 5.91 Å². The maximum Gasteiger partial charge on any atom is 0.251 e. The van der Waals surface area contributed by atoms with E-state index in [1.807, 2.05) is 12.1 Å². The van der Waals surface area contributed by atoms with Gasteiger partial charge in [-0.3, -0.25) is 4.79 Å². The first-order valence-electron chi connectivity index (χ1n) is 15.7. The molecule has 0 bridgehead atoms. The summed E-state index contributed by atoms with van der Waals surface area (Å²) in [6.07, 6.45) is 21.4. The Morgan fingerprint density at radius 2 is 1.70 bits per heavy atom. The van der Waals surface area contributed by atoms with E-state index in [-0.39, 0.29) is 14.8 Å². The van der Waals surface area contributed by atoms with E-state index < -0.39 is 0 Å². The van der Waals surface area contributed by atoms with Crippen molar-refractivity contribution in [1.29, 1.82) is 0 Å². The first kappa shape index (κ1) is 24.0. The minimum absolute atomic E-state index is 0. The molecule has 2 aromatic carbocycles. The van der Waals surface area contributed by atoms with Crippen LogP contribution in [0.1, 0.15) is 113 Å². The number of fused-ring (bicyclic) bond motifs is 1. The summed E-state index contributed by atoms with van der Waals surface area (Å²) in [5.74, 6) is 4.41. The van der Waals surface area contributed by atoms with Crippen LogP contribution in [0.3, 0.4) is 0 Å². The molecule has 2 aromatic rings. The third-order valence-electron chi connectivity index (χ3n) is 11.4. The molecule has 0 heterocycles. The number of carbonyl (C=O) groups is 1. The zero-order valence-corrected chi connectivity index (χ0v) is 22.7. The van der Waals surface area contributed by atoms with Gasteiger partial charge in [-0.2, -0.15) is 0 Å². The van der Waals surface area contributed by atoms with Crippen LogP contribution in [0.4, 0.5) is 0 Å². The number of aryl methyl sites for hydroxylation is 3. The maximum absolute atomic E-state index is 12.9. The van der Waals surface area contributed by atoms with Crippen molar-refractivity contribution in [3.63, 3.8) is 0 Å². The Labute approximate surface area is 227 Å². The van der Waals surface area contributed by atoms with Crippen LogP contribution < -0.4 is 5.32 Å². The van der Waals surface area contributed by atoms with Crippen molar-refractivity contribution < 1.29 is 7.65 Å². The predicted molar refractivity (Wildman–Crippen MR) is 155 cm³/mol. The molecule has 5 aliphatic carbocycles. The third kappa shape index (κ3) is 4.79. The molecule has 2 heteroatoms. The molecule has 0 radical (unpaired) electrons. The van der Waals surface area contributed by atoms with Gasteiger partial charge in [-0.05, 0) is 134 Å². The molecule has 37 heavy (non-hydrogen) atoms. The molecular formula is C35H49NO. The Bertz CT molecular complexity index is 1140. The number of nitrogens with one attached hydrogen (secondary N) is 1. The molecule has 2 unspecified atom stereocenters. The molecular weight excluding hydrogens is 450 g/mol. The number of hydrogen-bond donors (Lipinski definition) is 1. The number of carbonyl (C=O) groups excluding carboxylic acids is 1. The number of rotatable bonds is 10. The Morgan fingerprint density at radius 3 is 2.49 bits per heavy atom. The summed E-state index contributed by atoms with van der Waals surface area (Å²) < 4.78 is 0. The van der Waals surface area contributed by atoms with Crippen LogP contribution in [0.5, 0.6) is 0 Å². The highest BCUT2D eigenvalue weighted by atomic mass is 16.1. The van der Waals surface area contributed by atoms with E-state index >= 15 is 0 Å². The van der Waals surface area contributed by atoms with E-state index in [0.29, 0.717) is 0 Å². The number of amides is 1. The molecule has 2 nitrogen and oxygen atoms in total. The molecule has 0 saturated heterocycles. The lowest BCUT2D eigenvalue weighted by Crippen LogP contribution is -2.38. The van der Waals surface area contributed by atoms with Gasteiger partial charge >= 0.3 is 0 Å². The number of hydrogen-bond acceptors (Lipinski definition) is 1. The summed E-state index contributed by atoms with van der Waals surface area (Å²) in [6, 6.07) is 15.8. The fraction of sp³-hybridized carbons (Fsp3) is 0.629. The monoisotopic (exact) mass is 499 g/mol. The van der Waals surface area contributed by atoms with E-state index in [2.05, 4.69) is 35.6 Å². The normalized spacial score (nSPS) is 31.5. The van der Waals surface area contributed by atoms with Crippen LogP contribution in [-0.2, 0) is 25.7 Å². The second-order valence-electron chi connectivity index (χ2n) is 13.5. The van der Waals surface area contributed by atoms with Crippen molar-refractivity contribution >= 4 is 5.91 Å². The summed E-state index contributed by atoms with van der Waals surface area (Å²) in [5, 5.41) is 3.33. The lowest BCUT2D eigenvalue weighted by Gasteiger charge is -2.26. The highest BCUT2D eigenvalue weighted by molar-refractivity contribution is 5.94. The fourth-order valence-electron chi connectivity index (χ4n) is 9.14. The Kier molecular flexibility index (Phi) is 6.42. The van der Waals surface area contributed by atoms with Gasteiger partial charge in [0.05, 0.1) is 0 Å². The molecule has 200 valence electrons. The van der Waals surface area contributed by atoms with Crippen molar-refractivity contribution in [2.45, 2.75) is 109 Å². The summed E-state index contributed by atoms with van der Waals surface area (Å²) >= 11 is 0. The molecule has 5 aliphatic rings. The lowest BCUT2D eigenvalue weighted by molar-refractivity contribution is 0.0933. The Morgan fingerprint density at radius 1 is 0.865 bits per heavy atom. The van der Waals surface area contributed by atoms with Gasteiger partial charge in [-0.15, -0.1) is 0 Å². The number of benzene rings is 2. The van der Waals surface area contributed by atoms with Gasteiger partial charge in [0.1, 0.15) is 0 Å². The average Bonchev–Trinajstić information content (AvgIpc) is 3.62. The van der Waals surface area contributed by atoms with Gasteiger partial charge in [0, 0.05) is 14.5 Å². The van der Waals surface area contributed by atoms with Gasteiger partial charge in [-0.1, -0.05) is 62.4 Å².